The van der Waals surface area contributed by atoms with E-state index in [2.05, 4.69) is 10.6 Å². The van der Waals surface area contributed by atoms with E-state index in [0.29, 0.717) is 11.5 Å². The van der Waals surface area contributed by atoms with Gasteiger partial charge in [-0.1, -0.05) is 24.3 Å². The van der Waals surface area contributed by atoms with Crippen LogP contribution in [0.25, 0.3) is 0 Å². The van der Waals surface area contributed by atoms with Crippen LogP contribution in [0.3, 0.4) is 0 Å². The molecule has 3 amide bonds. The number of aliphatic hydroxyl groups excluding tert-OH is 1. The van der Waals surface area contributed by atoms with Gasteiger partial charge in [0.1, 0.15) is 24.1 Å². The molecule has 1 aliphatic heterocycles. The second kappa shape index (κ2) is 11.3. The van der Waals surface area contributed by atoms with Crippen LogP contribution in [0.5, 0.6) is 11.5 Å². The van der Waals surface area contributed by atoms with E-state index < -0.39 is 35.2 Å². The zero-order valence-electron chi connectivity index (χ0n) is 19.4. The van der Waals surface area contributed by atoms with Crippen molar-refractivity contribution in [2.24, 2.45) is 0 Å². The second-order valence-electron chi connectivity index (χ2n) is 7.83. The van der Waals surface area contributed by atoms with Gasteiger partial charge in [-0.05, 0) is 42.3 Å². The number of hydrogen-bond donors (Lipinski definition) is 3. The Kier molecular flexibility index (Phi) is 8.41. The third-order valence-electron chi connectivity index (χ3n) is 5.66. The first-order valence-corrected chi connectivity index (χ1v) is 11.7. The highest BCUT2D eigenvalue weighted by Crippen LogP contribution is 2.40. The van der Waals surface area contributed by atoms with Gasteiger partial charge in [-0.2, -0.15) is 0 Å². The minimum atomic E-state index is -1.34. The summed E-state index contributed by atoms with van der Waals surface area (Å²) in [7, 11) is 3.15. The molecular weight excluding hydrogens is 458 g/mol. The molecule has 0 aromatic heterocycles. The maximum atomic E-state index is 13.1. The predicted octanol–water partition coefficient (Wildman–Crippen LogP) is 1.29. The Morgan fingerprint density at radius 1 is 0.971 bits per heavy atom. The van der Waals surface area contributed by atoms with E-state index in [1.165, 1.54) is 16.7 Å². The maximum absolute atomic E-state index is 13.1. The lowest BCUT2D eigenvalue weighted by atomic mass is 10.1. The number of aliphatic hydroxyl groups is 1. The molecule has 0 radical (unpaired) electrons. The number of nitrogens with one attached hydrogen (secondary N) is 2. The van der Waals surface area contributed by atoms with E-state index in [1.54, 1.807) is 45.4 Å². The highest BCUT2D eigenvalue weighted by molar-refractivity contribution is 8.01. The molecule has 0 spiro atoms. The molecule has 0 saturated carbocycles. The molecule has 34 heavy (non-hydrogen) atoms. The molecule has 0 aliphatic carbocycles. The average Bonchev–Trinajstić information content (AvgIpc) is 3.24. The molecule has 0 unspecified atom stereocenters. The molecule has 2 aromatic rings. The van der Waals surface area contributed by atoms with Crippen molar-refractivity contribution in [3.05, 3.63) is 59.7 Å². The summed E-state index contributed by atoms with van der Waals surface area (Å²) in [6.07, 6.45) is 0. The Labute approximate surface area is 202 Å². The minimum absolute atomic E-state index is 0.229. The zero-order chi connectivity index (χ0) is 24.7. The van der Waals surface area contributed by atoms with Gasteiger partial charge < -0.3 is 30.1 Å². The lowest BCUT2D eigenvalue weighted by Crippen LogP contribution is -2.59. The summed E-state index contributed by atoms with van der Waals surface area (Å²) in [6, 6.07) is 13.6. The molecule has 2 aromatic carbocycles. The summed E-state index contributed by atoms with van der Waals surface area (Å²) in [5.74, 6) is 0.149. The van der Waals surface area contributed by atoms with Crippen LogP contribution in [0.15, 0.2) is 48.5 Å². The molecule has 3 rings (SSSR count). The summed E-state index contributed by atoms with van der Waals surface area (Å²) >= 11 is 1.19. The number of hydrogen-bond acceptors (Lipinski definition) is 7. The predicted molar refractivity (Wildman–Crippen MR) is 128 cm³/mol. The zero-order valence-corrected chi connectivity index (χ0v) is 20.2. The van der Waals surface area contributed by atoms with Crippen molar-refractivity contribution in [1.82, 2.24) is 15.5 Å². The van der Waals surface area contributed by atoms with Crippen molar-refractivity contribution in [1.29, 1.82) is 0 Å². The maximum Gasteiger partial charge on any atom is 0.256 e. The number of carbonyl (C=O) groups is 3. The van der Waals surface area contributed by atoms with Crippen LogP contribution in [0.2, 0.25) is 0 Å². The lowest BCUT2D eigenvalue weighted by molar-refractivity contribution is -0.149. The van der Waals surface area contributed by atoms with Gasteiger partial charge in [0.2, 0.25) is 5.91 Å². The molecule has 182 valence electrons. The van der Waals surface area contributed by atoms with Crippen molar-refractivity contribution in [2.45, 2.75) is 30.9 Å². The highest BCUT2D eigenvalue weighted by atomic mass is 32.2. The smallest absolute Gasteiger partial charge is 0.256 e. The first-order valence-electron chi connectivity index (χ1n) is 10.7. The fraction of sp³-hybridized carbons (Fsp3) is 0.375. The highest BCUT2D eigenvalue weighted by Gasteiger charge is 2.53. The van der Waals surface area contributed by atoms with Gasteiger partial charge in [-0.15, -0.1) is 11.8 Å². The Balaban J connectivity index is 1.67. The van der Waals surface area contributed by atoms with Crippen molar-refractivity contribution in [2.75, 3.05) is 26.6 Å². The summed E-state index contributed by atoms with van der Waals surface area (Å²) in [4.78, 5) is 38.5. The van der Waals surface area contributed by atoms with E-state index in [0.717, 1.165) is 11.1 Å². The Bertz CT molecular complexity index is 1010. The monoisotopic (exact) mass is 487 g/mol. The molecule has 3 N–H and O–H groups in total. The number of methoxy groups -OCH3 is 2. The number of amides is 3. The molecule has 1 heterocycles. The summed E-state index contributed by atoms with van der Waals surface area (Å²) in [5.41, 5.74) is 1.72. The molecular formula is C24H29N3O6S. The molecule has 10 heteroatoms. The SMILES string of the molecule is COc1ccc(CNC(=O)[C@@H]2CS[C@](C)(C(=O)NCc3ccc(OC)cc3)N2C(=O)CO)cc1. The van der Waals surface area contributed by atoms with Crippen LogP contribution in [0.4, 0.5) is 0 Å². The first-order chi connectivity index (χ1) is 16.3. The first kappa shape index (κ1) is 25.4. The molecule has 0 bridgehead atoms. The lowest BCUT2D eigenvalue weighted by Gasteiger charge is -2.35. The standard InChI is InChI=1S/C24H29N3O6S/c1-24(23(31)26-13-17-6-10-19(33-3)11-7-17)27(21(29)14-28)20(15-34-24)22(30)25-12-16-4-8-18(32-2)9-5-16/h4-11,20,28H,12-15H2,1-3H3,(H,25,30)(H,26,31)/t20-,24+/m0/s1. The normalized spacial score (nSPS) is 19.4. The Morgan fingerprint density at radius 3 is 1.94 bits per heavy atom. The van der Waals surface area contributed by atoms with Crippen molar-refractivity contribution < 1.29 is 29.0 Å². The molecule has 2 atom stereocenters. The van der Waals surface area contributed by atoms with E-state index >= 15 is 0 Å². The molecule has 1 aliphatic rings. The minimum Gasteiger partial charge on any atom is -0.497 e. The number of thioether (sulfide) groups is 1. The van der Waals surface area contributed by atoms with Crippen LogP contribution in [-0.2, 0) is 27.5 Å². The number of ether oxygens (including phenoxy) is 2. The van der Waals surface area contributed by atoms with Gasteiger partial charge in [0.15, 0.2) is 4.87 Å². The number of rotatable bonds is 9. The summed E-state index contributed by atoms with van der Waals surface area (Å²) in [5, 5.41) is 15.2. The molecule has 1 saturated heterocycles. The van der Waals surface area contributed by atoms with E-state index in [-0.39, 0.29) is 18.8 Å². The van der Waals surface area contributed by atoms with E-state index in [1.807, 2.05) is 24.3 Å². The Hall–Kier alpha value is -3.24. The summed E-state index contributed by atoms with van der Waals surface area (Å²) < 4.78 is 10.3. The van der Waals surface area contributed by atoms with Crippen LogP contribution in [-0.4, -0.2) is 65.2 Å². The summed E-state index contributed by atoms with van der Waals surface area (Å²) in [6.45, 7) is 1.29. The third-order valence-corrected chi connectivity index (χ3v) is 7.09. The van der Waals surface area contributed by atoms with Crippen LogP contribution < -0.4 is 20.1 Å². The van der Waals surface area contributed by atoms with Crippen molar-refractivity contribution >= 4 is 29.5 Å². The van der Waals surface area contributed by atoms with Crippen LogP contribution in [0, 0.1) is 0 Å². The van der Waals surface area contributed by atoms with E-state index in [9.17, 15) is 19.5 Å². The van der Waals surface area contributed by atoms with Gasteiger partial charge in [-0.3, -0.25) is 14.4 Å². The topological polar surface area (TPSA) is 117 Å². The van der Waals surface area contributed by atoms with Gasteiger partial charge in [0, 0.05) is 18.8 Å². The fourth-order valence-electron chi connectivity index (χ4n) is 3.68. The number of nitrogens with zero attached hydrogens (tertiary/aromatic N) is 1. The van der Waals surface area contributed by atoms with Crippen molar-refractivity contribution in [3.63, 3.8) is 0 Å². The average molecular weight is 488 g/mol. The third kappa shape index (κ3) is 5.63. The fourth-order valence-corrected chi connectivity index (χ4v) is 5.03. The molecule has 1 fully saturated rings. The van der Waals surface area contributed by atoms with Crippen LogP contribution >= 0.6 is 11.8 Å². The van der Waals surface area contributed by atoms with Gasteiger partial charge in [0.25, 0.3) is 11.8 Å². The molecule has 9 nitrogen and oxygen atoms in total. The number of benzene rings is 2. The van der Waals surface area contributed by atoms with E-state index in [4.69, 9.17) is 9.47 Å². The quantitative estimate of drug-likeness (QED) is 0.488. The number of carbonyl (C=O) groups excluding carboxylic acids is 3. The van der Waals surface area contributed by atoms with Gasteiger partial charge in [0.05, 0.1) is 14.2 Å². The largest absolute Gasteiger partial charge is 0.497 e. The van der Waals surface area contributed by atoms with Crippen LogP contribution in [0.1, 0.15) is 18.1 Å². The van der Waals surface area contributed by atoms with Gasteiger partial charge >= 0.3 is 0 Å². The Morgan fingerprint density at radius 2 is 1.47 bits per heavy atom. The van der Waals surface area contributed by atoms with Crippen molar-refractivity contribution in [3.8, 4) is 11.5 Å². The van der Waals surface area contributed by atoms with Gasteiger partial charge in [-0.25, -0.2) is 0 Å². The second-order valence-corrected chi connectivity index (χ2v) is 9.25.